The van der Waals surface area contributed by atoms with Crippen molar-refractivity contribution in [3.8, 4) is 46.0 Å². The quantitative estimate of drug-likeness (QED) is 0.0687. The summed E-state index contributed by atoms with van der Waals surface area (Å²) in [6.07, 6.45) is 12.3. The van der Waals surface area contributed by atoms with Crippen LogP contribution in [0.4, 0.5) is 0 Å². The van der Waals surface area contributed by atoms with Gasteiger partial charge in [0.2, 0.25) is 89.4 Å². The summed E-state index contributed by atoms with van der Waals surface area (Å²) in [4.78, 5) is 129. The second-order valence-corrected chi connectivity index (χ2v) is 37.5. The van der Waals surface area contributed by atoms with Crippen molar-refractivity contribution < 1.29 is 105 Å². The summed E-state index contributed by atoms with van der Waals surface area (Å²) in [6, 6.07) is 9.64. The molecule has 46 heteroatoms. The number of rotatable bonds is 16. The molecule has 4 saturated heterocycles. The zero-order chi connectivity index (χ0) is 106. The molecule has 46 nitrogen and oxygen atoms in total. The van der Waals surface area contributed by atoms with Crippen LogP contribution >= 0.6 is 0 Å². The Kier molecular flexibility index (Phi) is 56.4. The molecule has 4 aliphatic rings. The lowest BCUT2D eigenvalue weighted by molar-refractivity contribution is 0.00461. The summed E-state index contributed by atoms with van der Waals surface area (Å²) < 4.78 is 77.5. The third-order valence-corrected chi connectivity index (χ3v) is 25.8. The van der Waals surface area contributed by atoms with Crippen molar-refractivity contribution in [1.29, 1.82) is 0 Å². The molecule has 0 amide bonds. The van der Waals surface area contributed by atoms with Crippen molar-refractivity contribution >= 4 is 0 Å². The van der Waals surface area contributed by atoms with Gasteiger partial charge in [-0.15, -0.1) is 0 Å². The summed E-state index contributed by atoms with van der Waals surface area (Å²) in [7, 11) is 16.7. The standard InChI is InChI=1S/C29H47N5O8.C25H39N5O6.C24H36N4O6.C24H34N2O10.CH4/c1-30-6-8-31(2)10-12-33(22-26-28(37)24(35)4-16-41-26)14-18-39-20-21-40-19-15-34(13-11-32(3)9-7-30)23-27-29(38)25(36)5-17-42-27;1-26-6-7-27(2)9-13-30(19-23-25(34)21(32)5-17-36-23)15-11-28(3)10-14-29(12-8-26)18-22-24(33)20(31)4-16-35-22;1-25-7-3-9-28(18-22-24(32)20(30)6-16-34-22)14-12-26(2)8-4-10-27(13-11-25)17-21-23(31)19(29)5-15-33-21;27-19-1-7-35-21(23(19)29)17-25-3-9-31-13-15-33-11-5-26(6-12-34-16-14-32-10-4-25)18-22-24(30)20(28)2-8-36-22;/h4-5,16-17,37-38H,6-15,18-23H2,1-3H3;4-5,16-17,33-34H,6-15,18-19H2,1-3H3;5-6,15-16,31-32H,3-4,7-14,17-18H2,1-2H3;1-2,7-8,29-30H,3-6,9-18H2;1H4. The third kappa shape index (κ3) is 46.1. The highest BCUT2D eigenvalue weighted by molar-refractivity contribution is 5.28. The van der Waals surface area contributed by atoms with Gasteiger partial charge in [0.1, 0.15) is 0 Å². The van der Waals surface area contributed by atoms with Crippen LogP contribution < -0.4 is 43.4 Å². The van der Waals surface area contributed by atoms with Gasteiger partial charge in [-0.3, -0.25) is 77.6 Å². The fraction of sp³-hybridized carbons (Fsp3) is 0.612. The van der Waals surface area contributed by atoms with Crippen molar-refractivity contribution in [3.63, 3.8) is 0 Å². The van der Waals surface area contributed by atoms with E-state index in [0.717, 1.165) is 170 Å². The molecule has 8 N–H and O–H groups in total. The normalized spacial score (nSPS) is 19.4. The molecule has 0 atom stereocenters. The Bertz CT molecular complexity index is 5290. The third-order valence-electron chi connectivity index (χ3n) is 25.8. The molecule has 0 radical (unpaired) electrons. The number of ether oxygens (including phenoxy) is 6. The number of nitrogens with zero attached hydrogens (tertiary/aromatic N) is 16. The van der Waals surface area contributed by atoms with Crippen molar-refractivity contribution in [3.05, 3.63) is 227 Å². The zero-order valence-corrected chi connectivity index (χ0v) is 87.1. The fourth-order valence-corrected chi connectivity index (χ4v) is 16.0. The Hall–Kier alpha value is -10.9. The van der Waals surface area contributed by atoms with Crippen LogP contribution in [0.15, 0.2) is 172 Å². The first-order valence-electron chi connectivity index (χ1n) is 50.4. The second-order valence-electron chi connectivity index (χ2n) is 37.5. The molecular formula is C103H160N16O30. The molecule has 0 aromatic carbocycles. The minimum Gasteiger partial charge on any atom is -0.502 e. The van der Waals surface area contributed by atoms with E-state index in [9.17, 15) is 79.2 Å². The van der Waals surface area contributed by atoms with E-state index in [-0.39, 0.29) is 101 Å². The molecule has 832 valence electrons. The predicted octanol–water partition coefficient (Wildman–Crippen LogP) is 2.26. The minimum atomic E-state index is -0.483. The Morgan fingerprint density at radius 3 is 0.450 bits per heavy atom. The molecule has 0 aliphatic carbocycles. The van der Waals surface area contributed by atoms with Crippen molar-refractivity contribution in [2.75, 3.05) is 345 Å². The molecule has 0 unspecified atom stereocenters. The largest absolute Gasteiger partial charge is 0.502 e. The van der Waals surface area contributed by atoms with E-state index in [1.165, 1.54) is 98.6 Å². The Morgan fingerprint density at radius 2 is 0.295 bits per heavy atom. The van der Waals surface area contributed by atoms with Gasteiger partial charge in [0.05, 0.1) is 182 Å². The van der Waals surface area contributed by atoms with E-state index in [4.69, 9.17) is 63.8 Å². The molecule has 8 aromatic heterocycles. The summed E-state index contributed by atoms with van der Waals surface area (Å²) in [5.41, 5.74) is -3.60. The van der Waals surface area contributed by atoms with Crippen LogP contribution in [0.2, 0.25) is 0 Å². The second kappa shape index (κ2) is 68.1. The number of aromatic hydroxyl groups is 8. The van der Waals surface area contributed by atoms with Crippen LogP contribution in [0.25, 0.3) is 0 Å². The van der Waals surface area contributed by atoms with Gasteiger partial charge in [0.15, 0.2) is 46.1 Å². The van der Waals surface area contributed by atoms with Gasteiger partial charge in [0, 0.05) is 232 Å². The smallest absolute Gasteiger partial charge is 0.226 e. The summed E-state index contributed by atoms with van der Waals surface area (Å²) >= 11 is 0. The lowest BCUT2D eigenvalue weighted by Crippen LogP contribution is -2.40. The van der Waals surface area contributed by atoms with Gasteiger partial charge in [-0.1, -0.05) is 7.43 Å². The van der Waals surface area contributed by atoms with E-state index < -0.39 is 43.4 Å². The average molecular weight is 2100 g/mol. The Morgan fingerprint density at radius 1 is 0.174 bits per heavy atom. The highest BCUT2D eigenvalue weighted by atomic mass is 16.5. The summed E-state index contributed by atoms with van der Waals surface area (Å²) in [5.74, 6) is -0.723. The number of hydrogen-bond acceptors (Lipinski definition) is 46. The van der Waals surface area contributed by atoms with E-state index in [2.05, 4.69) is 118 Å². The maximum Gasteiger partial charge on any atom is 0.226 e. The van der Waals surface area contributed by atoms with Crippen LogP contribution in [0.1, 0.15) is 66.4 Å². The molecule has 0 spiro atoms. The first kappa shape index (κ1) is 123. The predicted molar refractivity (Wildman–Crippen MR) is 556 cm³/mol. The number of hydrogen-bond donors (Lipinski definition) is 8. The van der Waals surface area contributed by atoms with Gasteiger partial charge in [0.25, 0.3) is 0 Å². The molecule has 0 saturated carbocycles. The lowest BCUT2D eigenvalue weighted by atomic mass is 10.2. The van der Waals surface area contributed by atoms with Gasteiger partial charge in [-0.25, -0.2) is 0 Å². The first-order valence-corrected chi connectivity index (χ1v) is 50.4. The van der Waals surface area contributed by atoms with Crippen LogP contribution in [-0.4, -0.2) is 464 Å². The van der Waals surface area contributed by atoms with E-state index in [1.807, 2.05) is 16.8 Å². The molecule has 0 bridgehead atoms. The number of likely N-dealkylation sites (N-methyl/N-ethyl adjacent to an activating group) is 8. The van der Waals surface area contributed by atoms with Crippen molar-refractivity contribution in [2.24, 2.45) is 0 Å². The summed E-state index contributed by atoms with van der Waals surface area (Å²) in [5, 5.41) is 80.7. The molecule has 12 rings (SSSR count). The molecular weight excluding hydrogens is 1940 g/mol. The van der Waals surface area contributed by atoms with E-state index in [0.29, 0.717) is 182 Å². The zero-order valence-electron chi connectivity index (χ0n) is 87.1. The average Bonchev–Trinajstić information content (AvgIpc) is 1.22. The van der Waals surface area contributed by atoms with Crippen LogP contribution in [0, 0.1) is 0 Å². The fourth-order valence-electron chi connectivity index (χ4n) is 16.0. The maximum absolute atomic E-state index is 11.9. The van der Waals surface area contributed by atoms with E-state index >= 15 is 0 Å². The molecule has 149 heavy (non-hydrogen) atoms. The maximum atomic E-state index is 11.9. The topological polar surface area (TPSA) is 511 Å². The Labute approximate surface area is 869 Å². The van der Waals surface area contributed by atoms with Gasteiger partial charge < -0.3 is 144 Å². The summed E-state index contributed by atoms with van der Waals surface area (Å²) in [6.45, 7) is 32.2. The highest BCUT2D eigenvalue weighted by Gasteiger charge is 2.26. The minimum absolute atomic E-state index is 0. The first-order chi connectivity index (χ1) is 71.3. The van der Waals surface area contributed by atoms with Crippen molar-refractivity contribution in [1.82, 2.24) is 78.4 Å². The molecule has 4 fully saturated rings. The van der Waals surface area contributed by atoms with E-state index in [1.54, 1.807) is 0 Å². The van der Waals surface area contributed by atoms with Crippen molar-refractivity contribution in [2.45, 2.75) is 72.6 Å². The van der Waals surface area contributed by atoms with Gasteiger partial charge >= 0.3 is 0 Å². The van der Waals surface area contributed by atoms with Crippen LogP contribution in [-0.2, 0) is 80.8 Å². The highest BCUT2D eigenvalue weighted by Crippen LogP contribution is 2.23. The lowest BCUT2D eigenvalue weighted by Gasteiger charge is -2.29. The molecule has 4 aliphatic heterocycles. The SMILES string of the molecule is C.CN1CCCN(Cc2occc(=O)c2O)CCN(C)CCCN(Cc2occc(=O)c2O)CC1.CN1CCN(C)CCN(Cc2occc(=O)c2O)CCN(C)CCN(Cc2occc(=O)c2O)CC1.CN1CCN(C)CCN(Cc2occc(=O)c2O)CCOCCOCCN(Cc2occc(=O)c2O)CCN(C)CC1.O=c1ccoc(CN2CCOCCOCCN(Cc3occc(=O)c3O)CCOCCOCC2)c1O. The van der Waals surface area contributed by atoms with Gasteiger partial charge in [-0.05, 0) is 95.4 Å². The Balaban J connectivity index is 0.000000242. The van der Waals surface area contributed by atoms with Crippen LogP contribution in [0.3, 0.4) is 0 Å². The molecule has 8 aromatic rings. The molecule has 12 heterocycles. The monoisotopic (exact) mass is 2100 g/mol. The van der Waals surface area contributed by atoms with Gasteiger partial charge in [-0.2, -0.15) is 0 Å². The van der Waals surface area contributed by atoms with Crippen LogP contribution in [0.5, 0.6) is 46.0 Å².